The summed E-state index contributed by atoms with van der Waals surface area (Å²) >= 11 is 0. The Balaban J connectivity index is 2.56. The van der Waals surface area contributed by atoms with Gasteiger partial charge in [0.05, 0.1) is 11.5 Å². The Morgan fingerprint density at radius 3 is 2.47 bits per heavy atom. The summed E-state index contributed by atoms with van der Waals surface area (Å²) in [7, 11) is 0. The fraction of sp³-hybridized carbons (Fsp3) is 0.538. The SMILES string of the molecule is [N-]=[N+]=N[C@]1(c2ccccc2)CCCC[C@H]1C(F)(F)F. The highest BCUT2D eigenvalue weighted by Crippen LogP contribution is 2.51. The second-order valence-electron chi connectivity index (χ2n) is 4.82. The van der Waals surface area contributed by atoms with Gasteiger partial charge in [-0.05, 0) is 23.9 Å². The lowest BCUT2D eigenvalue weighted by atomic mass is 9.69. The van der Waals surface area contributed by atoms with Crippen molar-refractivity contribution in [2.24, 2.45) is 11.0 Å². The van der Waals surface area contributed by atoms with E-state index in [1.54, 1.807) is 30.3 Å². The second-order valence-corrected chi connectivity index (χ2v) is 4.82. The molecule has 0 amide bonds. The molecular formula is C13H14F3N3. The summed E-state index contributed by atoms with van der Waals surface area (Å²) in [6.07, 6.45) is -2.95. The quantitative estimate of drug-likeness (QED) is 0.414. The molecular weight excluding hydrogens is 255 g/mol. The van der Waals surface area contributed by atoms with Gasteiger partial charge in [-0.1, -0.05) is 48.3 Å². The minimum atomic E-state index is -4.36. The average Bonchev–Trinajstić information content (AvgIpc) is 2.39. The van der Waals surface area contributed by atoms with Gasteiger partial charge in [0.15, 0.2) is 0 Å². The summed E-state index contributed by atoms with van der Waals surface area (Å²) in [4.78, 5) is 2.70. The van der Waals surface area contributed by atoms with Crippen molar-refractivity contribution in [1.29, 1.82) is 0 Å². The molecule has 1 fully saturated rings. The van der Waals surface area contributed by atoms with Gasteiger partial charge in [-0.3, -0.25) is 0 Å². The van der Waals surface area contributed by atoms with E-state index in [2.05, 4.69) is 10.0 Å². The third-order valence-electron chi connectivity index (χ3n) is 3.77. The Labute approximate surface area is 109 Å². The molecule has 1 saturated carbocycles. The highest BCUT2D eigenvalue weighted by molar-refractivity contribution is 5.27. The zero-order valence-corrected chi connectivity index (χ0v) is 10.3. The van der Waals surface area contributed by atoms with Crippen LogP contribution in [0.25, 0.3) is 10.4 Å². The zero-order valence-electron chi connectivity index (χ0n) is 10.3. The van der Waals surface area contributed by atoms with E-state index in [1.807, 2.05) is 0 Å². The van der Waals surface area contributed by atoms with Gasteiger partial charge in [0.25, 0.3) is 0 Å². The van der Waals surface area contributed by atoms with Crippen LogP contribution >= 0.6 is 0 Å². The van der Waals surface area contributed by atoms with Gasteiger partial charge >= 0.3 is 6.18 Å². The Morgan fingerprint density at radius 1 is 1.21 bits per heavy atom. The summed E-state index contributed by atoms with van der Waals surface area (Å²) < 4.78 is 39.8. The maximum Gasteiger partial charge on any atom is 0.392 e. The number of hydrogen-bond acceptors (Lipinski definition) is 1. The van der Waals surface area contributed by atoms with E-state index in [0.29, 0.717) is 18.4 Å². The molecule has 0 radical (unpaired) electrons. The number of rotatable bonds is 2. The van der Waals surface area contributed by atoms with Crippen LogP contribution in [0.15, 0.2) is 35.4 Å². The van der Waals surface area contributed by atoms with Gasteiger partial charge in [0.1, 0.15) is 0 Å². The van der Waals surface area contributed by atoms with Crippen LogP contribution in [0.4, 0.5) is 13.2 Å². The second kappa shape index (κ2) is 5.13. The lowest BCUT2D eigenvalue weighted by molar-refractivity contribution is -0.202. The molecule has 1 aromatic carbocycles. The van der Waals surface area contributed by atoms with Crippen molar-refractivity contribution < 1.29 is 13.2 Å². The Kier molecular flexibility index (Phi) is 3.71. The smallest absolute Gasteiger partial charge is 0.171 e. The Morgan fingerprint density at radius 2 is 1.89 bits per heavy atom. The van der Waals surface area contributed by atoms with Crippen LogP contribution in [0.5, 0.6) is 0 Å². The highest BCUT2D eigenvalue weighted by Gasteiger charge is 2.54. The first kappa shape index (κ1) is 13.7. The first-order chi connectivity index (χ1) is 9.00. The standard InChI is InChI=1S/C13H14F3N3/c14-13(15,16)11-8-4-5-9-12(11,18-19-17)10-6-2-1-3-7-10/h1-3,6-7,11H,4-5,8-9H2/t11-,12+/m1/s1. The predicted molar refractivity (Wildman–Crippen MR) is 65.3 cm³/mol. The first-order valence-corrected chi connectivity index (χ1v) is 6.19. The Bertz CT molecular complexity index is 480. The highest BCUT2D eigenvalue weighted by atomic mass is 19.4. The van der Waals surface area contributed by atoms with E-state index < -0.39 is 17.6 Å². The third kappa shape index (κ3) is 2.54. The van der Waals surface area contributed by atoms with Crippen LogP contribution in [-0.2, 0) is 5.54 Å². The molecule has 3 nitrogen and oxygen atoms in total. The lowest BCUT2D eigenvalue weighted by Gasteiger charge is -2.41. The lowest BCUT2D eigenvalue weighted by Crippen LogP contribution is -2.44. The van der Waals surface area contributed by atoms with Crippen LogP contribution in [0.3, 0.4) is 0 Å². The number of nitrogens with zero attached hydrogens (tertiary/aromatic N) is 3. The first-order valence-electron chi connectivity index (χ1n) is 6.19. The maximum absolute atomic E-state index is 13.3. The van der Waals surface area contributed by atoms with Crippen molar-refractivity contribution in [2.45, 2.75) is 37.4 Å². The van der Waals surface area contributed by atoms with Crippen molar-refractivity contribution in [3.05, 3.63) is 46.3 Å². The molecule has 19 heavy (non-hydrogen) atoms. The van der Waals surface area contributed by atoms with E-state index in [0.717, 1.165) is 0 Å². The van der Waals surface area contributed by atoms with E-state index in [9.17, 15) is 13.2 Å². The van der Waals surface area contributed by atoms with Crippen molar-refractivity contribution in [3.63, 3.8) is 0 Å². The van der Waals surface area contributed by atoms with Crippen LogP contribution in [0.1, 0.15) is 31.2 Å². The van der Waals surface area contributed by atoms with Gasteiger partial charge < -0.3 is 0 Å². The van der Waals surface area contributed by atoms with Crippen molar-refractivity contribution in [3.8, 4) is 0 Å². The molecule has 0 unspecified atom stereocenters. The molecule has 0 aliphatic heterocycles. The van der Waals surface area contributed by atoms with Gasteiger partial charge in [-0.15, -0.1) is 0 Å². The molecule has 102 valence electrons. The summed E-state index contributed by atoms with van der Waals surface area (Å²) in [6.45, 7) is 0. The zero-order chi connectivity index (χ0) is 13.9. The van der Waals surface area contributed by atoms with Crippen molar-refractivity contribution >= 4 is 0 Å². The number of halogens is 3. The number of hydrogen-bond donors (Lipinski definition) is 0. The van der Waals surface area contributed by atoms with Gasteiger partial charge in [0.2, 0.25) is 0 Å². The van der Waals surface area contributed by atoms with Crippen LogP contribution in [0, 0.1) is 5.92 Å². The van der Waals surface area contributed by atoms with E-state index >= 15 is 0 Å². The number of benzene rings is 1. The fourth-order valence-electron chi connectivity index (χ4n) is 2.92. The molecule has 6 heteroatoms. The largest absolute Gasteiger partial charge is 0.392 e. The topological polar surface area (TPSA) is 48.8 Å². The van der Waals surface area contributed by atoms with Crippen LogP contribution in [-0.4, -0.2) is 6.18 Å². The summed E-state index contributed by atoms with van der Waals surface area (Å²) in [6, 6.07) is 8.30. The van der Waals surface area contributed by atoms with E-state index in [4.69, 9.17) is 5.53 Å². The molecule has 0 spiro atoms. The van der Waals surface area contributed by atoms with Crippen molar-refractivity contribution in [1.82, 2.24) is 0 Å². The average molecular weight is 269 g/mol. The summed E-state index contributed by atoms with van der Waals surface area (Å²) in [5, 5.41) is 3.59. The normalized spacial score (nSPS) is 27.6. The maximum atomic E-state index is 13.3. The van der Waals surface area contributed by atoms with Crippen molar-refractivity contribution in [2.75, 3.05) is 0 Å². The van der Waals surface area contributed by atoms with E-state index in [1.165, 1.54) is 0 Å². The fourth-order valence-corrected chi connectivity index (χ4v) is 2.92. The molecule has 0 bridgehead atoms. The minimum absolute atomic E-state index is 0.0113. The molecule has 2 rings (SSSR count). The molecule has 0 aromatic heterocycles. The van der Waals surface area contributed by atoms with Gasteiger partial charge in [0, 0.05) is 4.91 Å². The monoisotopic (exact) mass is 269 g/mol. The summed E-state index contributed by atoms with van der Waals surface area (Å²) in [5.41, 5.74) is 7.68. The molecule has 0 N–H and O–H groups in total. The molecule has 1 aliphatic rings. The molecule has 0 saturated heterocycles. The molecule has 0 heterocycles. The molecule has 2 atom stereocenters. The molecule has 1 aliphatic carbocycles. The minimum Gasteiger partial charge on any atom is -0.171 e. The molecule has 1 aromatic rings. The summed E-state index contributed by atoms with van der Waals surface area (Å²) in [5.74, 6) is -1.60. The van der Waals surface area contributed by atoms with Gasteiger partial charge in [-0.2, -0.15) is 13.2 Å². The number of alkyl halides is 3. The Hall–Kier alpha value is -1.68. The third-order valence-corrected chi connectivity index (χ3v) is 3.77. The predicted octanol–water partition coefficient (Wildman–Crippen LogP) is 4.94. The van der Waals surface area contributed by atoms with Crippen LogP contribution in [0.2, 0.25) is 0 Å². The van der Waals surface area contributed by atoms with Gasteiger partial charge in [-0.25, -0.2) is 0 Å². The van der Waals surface area contributed by atoms with E-state index in [-0.39, 0.29) is 12.8 Å². The van der Waals surface area contributed by atoms with Crippen LogP contribution < -0.4 is 0 Å². The number of azide groups is 1.